The summed E-state index contributed by atoms with van der Waals surface area (Å²) in [4.78, 5) is 12.0. The van der Waals surface area contributed by atoms with Crippen molar-refractivity contribution in [1.29, 1.82) is 0 Å². The van der Waals surface area contributed by atoms with Crippen LogP contribution in [0.1, 0.15) is 15.9 Å². The van der Waals surface area contributed by atoms with Crippen molar-refractivity contribution in [2.24, 2.45) is 0 Å². The van der Waals surface area contributed by atoms with Gasteiger partial charge in [-0.15, -0.1) is 0 Å². The fourth-order valence-corrected chi connectivity index (χ4v) is 2.00. The van der Waals surface area contributed by atoms with Gasteiger partial charge in [-0.3, -0.25) is 4.79 Å². The molecule has 0 saturated carbocycles. The molecule has 0 aliphatic carbocycles. The fraction of sp³-hybridized carbons (Fsp3) is 0. The lowest BCUT2D eigenvalue weighted by molar-refractivity contribution is 0.103. The highest BCUT2D eigenvalue weighted by atomic mass is 79.9. The molecular formula is C13H6BrClF2O. The third kappa shape index (κ3) is 2.60. The Morgan fingerprint density at radius 2 is 1.56 bits per heavy atom. The zero-order valence-corrected chi connectivity index (χ0v) is 11.2. The zero-order chi connectivity index (χ0) is 13.3. The average molecular weight is 332 g/mol. The van der Waals surface area contributed by atoms with Crippen LogP contribution >= 0.6 is 27.5 Å². The van der Waals surface area contributed by atoms with Crippen LogP contribution in [0.4, 0.5) is 8.78 Å². The molecular weight excluding hydrogens is 325 g/mol. The van der Waals surface area contributed by atoms with E-state index in [4.69, 9.17) is 11.6 Å². The SMILES string of the molecule is O=C(c1ccc(F)c(Cl)c1)c1ccc(F)c(Br)c1. The molecule has 0 N–H and O–H groups in total. The Hall–Kier alpha value is -1.26. The number of ketones is 1. The van der Waals surface area contributed by atoms with E-state index in [-0.39, 0.29) is 20.8 Å². The lowest BCUT2D eigenvalue weighted by atomic mass is 10.0. The van der Waals surface area contributed by atoms with E-state index >= 15 is 0 Å². The molecule has 0 aliphatic rings. The van der Waals surface area contributed by atoms with Crippen molar-refractivity contribution in [3.8, 4) is 0 Å². The number of carbonyl (C=O) groups is 1. The first-order chi connectivity index (χ1) is 8.49. The molecule has 0 radical (unpaired) electrons. The minimum absolute atomic E-state index is 0.123. The lowest BCUT2D eigenvalue weighted by Gasteiger charge is -2.03. The molecule has 0 heterocycles. The molecule has 18 heavy (non-hydrogen) atoms. The van der Waals surface area contributed by atoms with Crippen LogP contribution in [0.3, 0.4) is 0 Å². The number of hydrogen-bond donors (Lipinski definition) is 0. The Labute approximate surface area is 116 Å². The predicted octanol–water partition coefficient (Wildman–Crippen LogP) is 4.61. The molecule has 2 aromatic rings. The molecule has 5 heteroatoms. The maximum absolute atomic E-state index is 13.1. The van der Waals surface area contributed by atoms with Gasteiger partial charge in [-0.05, 0) is 52.3 Å². The van der Waals surface area contributed by atoms with Crippen LogP contribution in [0.25, 0.3) is 0 Å². The Morgan fingerprint density at radius 1 is 1.00 bits per heavy atom. The summed E-state index contributed by atoms with van der Waals surface area (Å²) in [6.45, 7) is 0. The summed E-state index contributed by atoms with van der Waals surface area (Å²) < 4.78 is 26.2. The Bertz CT molecular complexity index is 575. The topological polar surface area (TPSA) is 17.1 Å². The van der Waals surface area contributed by atoms with Crippen LogP contribution in [0.5, 0.6) is 0 Å². The minimum Gasteiger partial charge on any atom is -0.289 e. The van der Waals surface area contributed by atoms with Gasteiger partial charge < -0.3 is 0 Å². The Morgan fingerprint density at radius 3 is 2.11 bits per heavy atom. The van der Waals surface area contributed by atoms with Gasteiger partial charge in [-0.25, -0.2) is 8.78 Å². The molecule has 0 fully saturated rings. The molecule has 0 spiro atoms. The predicted molar refractivity (Wildman–Crippen MR) is 68.9 cm³/mol. The van der Waals surface area contributed by atoms with Gasteiger partial charge in [0, 0.05) is 11.1 Å². The molecule has 0 atom stereocenters. The number of hydrogen-bond acceptors (Lipinski definition) is 1. The van der Waals surface area contributed by atoms with Gasteiger partial charge in [-0.2, -0.15) is 0 Å². The van der Waals surface area contributed by atoms with Gasteiger partial charge >= 0.3 is 0 Å². The van der Waals surface area contributed by atoms with Crippen molar-refractivity contribution >= 4 is 33.3 Å². The molecule has 0 saturated heterocycles. The third-order valence-electron chi connectivity index (χ3n) is 2.36. The normalized spacial score (nSPS) is 10.4. The molecule has 92 valence electrons. The van der Waals surface area contributed by atoms with E-state index in [1.165, 1.54) is 30.3 Å². The van der Waals surface area contributed by atoms with E-state index in [0.29, 0.717) is 5.56 Å². The van der Waals surface area contributed by atoms with Crippen molar-refractivity contribution < 1.29 is 13.6 Å². The first-order valence-corrected chi connectivity index (χ1v) is 6.11. The van der Waals surface area contributed by atoms with Gasteiger partial charge in [-0.1, -0.05) is 11.6 Å². The van der Waals surface area contributed by atoms with Gasteiger partial charge in [0.2, 0.25) is 0 Å². The molecule has 0 unspecified atom stereocenters. The first-order valence-electron chi connectivity index (χ1n) is 4.94. The van der Waals surface area contributed by atoms with E-state index in [0.717, 1.165) is 6.07 Å². The van der Waals surface area contributed by atoms with Crippen molar-refractivity contribution in [3.63, 3.8) is 0 Å². The fourth-order valence-electron chi connectivity index (χ4n) is 1.44. The summed E-state index contributed by atoms with van der Waals surface area (Å²) in [6, 6.07) is 7.61. The second kappa shape index (κ2) is 5.16. The number of rotatable bonds is 2. The molecule has 0 aliphatic heterocycles. The Kier molecular flexibility index (Phi) is 3.78. The number of carbonyl (C=O) groups excluding carboxylic acids is 1. The first kappa shape index (κ1) is 13.2. The Balaban J connectivity index is 2.41. The zero-order valence-electron chi connectivity index (χ0n) is 8.88. The molecule has 1 nitrogen and oxygen atoms in total. The number of halogens is 4. The molecule has 0 amide bonds. The van der Waals surface area contributed by atoms with E-state index in [2.05, 4.69) is 15.9 Å². The van der Waals surface area contributed by atoms with Gasteiger partial charge in [0.15, 0.2) is 5.78 Å². The second-order valence-corrected chi connectivity index (χ2v) is 4.85. The summed E-state index contributed by atoms with van der Waals surface area (Å²) in [5, 5.41) is -0.123. The standard InChI is InChI=1S/C13H6BrClF2O/c14-9-5-7(1-3-11(9)16)13(18)8-2-4-12(17)10(15)6-8/h1-6H. The minimum atomic E-state index is -0.589. The van der Waals surface area contributed by atoms with E-state index in [9.17, 15) is 13.6 Å². The lowest BCUT2D eigenvalue weighted by Crippen LogP contribution is -2.02. The van der Waals surface area contributed by atoms with Crippen LogP contribution in [0.2, 0.25) is 5.02 Å². The molecule has 2 aromatic carbocycles. The third-order valence-corrected chi connectivity index (χ3v) is 3.26. The van der Waals surface area contributed by atoms with E-state index in [1.54, 1.807) is 0 Å². The molecule has 0 aromatic heterocycles. The highest BCUT2D eigenvalue weighted by Gasteiger charge is 2.12. The second-order valence-electron chi connectivity index (χ2n) is 3.59. The van der Waals surface area contributed by atoms with Crippen LogP contribution < -0.4 is 0 Å². The van der Waals surface area contributed by atoms with Gasteiger partial charge in [0.05, 0.1) is 9.50 Å². The van der Waals surface area contributed by atoms with Crippen molar-refractivity contribution in [3.05, 3.63) is 68.7 Å². The highest BCUT2D eigenvalue weighted by Crippen LogP contribution is 2.21. The summed E-state index contributed by atoms with van der Waals surface area (Å²) in [5.41, 5.74) is 0.547. The van der Waals surface area contributed by atoms with E-state index in [1.807, 2.05) is 0 Å². The van der Waals surface area contributed by atoms with E-state index < -0.39 is 11.6 Å². The largest absolute Gasteiger partial charge is 0.289 e. The molecule has 0 bridgehead atoms. The van der Waals surface area contributed by atoms with Crippen LogP contribution in [-0.4, -0.2) is 5.78 Å². The average Bonchev–Trinajstić information content (AvgIpc) is 2.35. The van der Waals surface area contributed by atoms with Crippen LogP contribution in [-0.2, 0) is 0 Å². The summed E-state index contributed by atoms with van der Waals surface area (Å²) in [7, 11) is 0. The summed E-state index contributed by atoms with van der Waals surface area (Å²) in [6.07, 6.45) is 0. The van der Waals surface area contributed by atoms with Crippen molar-refractivity contribution in [1.82, 2.24) is 0 Å². The molecule has 2 rings (SSSR count). The van der Waals surface area contributed by atoms with Gasteiger partial charge in [0.1, 0.15) is 11.6 Å². The van der Waals surface area contributed by atoms with Gasteiger partial charge in [0.25, 0.3) is 0 Å². The quantitative estimate of drug-likeness (QED) is 0.734. The van der Waals surface area contributed by atoms with Crippen LogP contribution in [0.15, 0.2) is 40.9 Å². The monoisotopic (exact) mass is 330 g/mol. The summed E-state index contributed by atoms with van der Waals surface area (Å²) >= 11 is 8.61. The van der Waals surface area contributed by atoms with Crippen molar-refractivity contribution in [2.45, 2.75) is 0 Å². The van der Waals surface area contributed by atoms with Crippen molar-refractivity contribution in [2.75, 3.05) is 0 Å². The summed E-state index contributed by atoms with van der Waals surface area (Å²) in [5.74, 6) is -1.39. The maximum Gasteiger partial charge on any atom is 0.193 e. The van der Waals surface area contributed by atoms with Crippen LogP contribution in [0, 0.1) is 11.6 Å². The smallest absolute Gasteiger partial charge is 0.193 e. The number of benzene rings is 2. The highest BCUT2D eigenvalue weighted by molar-refractivity contribution is 9.10. The maximum atomic E-state index is 13.1.